The summed E-state index contributed by atoms with van der Waals surface area (Å²) < 4.78 is 25.6. The summed E-state index contributed by atoms with van der Waals surface area (Å²) in [5, 5.41) is 0. The Labute approximate surface area is 167 Å². The zero-order valence-electron chi connectivity index (χ0n) is 16.0. The van der Waals surface area contributed by atoms with Crippen LogP contribution in [0, 0.1) is 0 Å². The number of rotatable bonds is 10. The monoisotopic (exact) mass is 403 g/mol. The van der Waals surface area contributed by atoms with E-state index in [-0.39, 0.29) is 31.1 Å². The molecule has 0 saturated carbocycles. The van der Waals surface area contributed by atoms with E-state index in [2.05, 4.69) is 0 Å². The van der Waals surface area contributed by atoms with Gasteiger partial charge in [0, 0.05) is 6.08 Å². The molecule has 1 aromatic carbocycles. The molecule has 9 nitrogen and oxygen atoms in total. The number of nitrogens with two attached hydrogens (primary N) is 1. The highest BCUT2D eigenvalue weighted by molar-refractivity contribution is 5.91. The van der Waals surface area contributed by atoms with Gasteiger partial charge in [-0.3, -0.25) is 4.79 Å². The average Bonchev–Trinajstić information content (AvgIpc) is 3.18. The molecule has 9 heteroatoms. The summed E-state index contributed by atoms with van der Waals surface area (Å²) in [5.41, 5.74) is 5.89. The number of amides is 1. The second-order valence-corrected chi connectivity index (χ2v) is 5.58. The molecule has 2 rings (SSSR count). The first kappa shape index (κ1) is 21.5. The van der Waals surface area contributed by atoms with Crippen molar-refractivity contribution in [1.82, 2.24) is 0 Å². The smallest absolute Gasteiger partial charge is 0.341 e. The number of furan rings is 1. The van der Waals surface area contributed by atoms with Crippen molar-refractivity contribution in [2.75, 3.05) is 20.3 Å². The number of methoxy groups -OCH3 is 1. The third kappa shape index (κ3) is 6.42. The van der Waals surface area contributed by atoms with Crippen molar-refractivity contribution in [3.05, 3.63) is 53.5 Å². The third-order valence-corrected chi connectivity index (χ3v) is 3.56. The highest BCUT2D eigenvalue weighted by atomic mass is 16.5. The minimum Gasteiger partial charge on any atom is -0.493 e. The molecular weight excluding hydrogens is 382 g/mol. The normalized spacial score (nSPS) is 10.6. The number of hydrogen-bond acceptors (Lipinski definition) is 8. The number of hydrogen-bond donors (Lipinski definition) is 1. The molecule has 0 aliphatic carbocycles. The van der Waals surface area contributed by atoms with E-state index in [4.69, 9.17) is 29.1 Å². The molecule has 2 aromatic rings. The highest BCUT2D eigenvalue weighted by Crippen LogP contribution is 2.28. The van der Waals surface area contributed by atoms with Crippen LogP contribution in [0.15, 0.2) is 41.0 Å². The molecule has 0 spiro atoms. The number of carbonyl (C=O) groups is 3. The van der Waals surface area contributed by atoms with E-state index in [1.165, 1.54) is 31.6 Å². The Kier molecular flexibility index (Phi) is 7.84. The van der Waals surface area contributed by atoms with E-state index in [0.717, 1.165) is 0 Å². The zero-order valence-corrected chi connectivity index (χ0v) is 16.0. The SMILES string of the molecule is CCOC(=O)c1ccoc1COC(=O)/C=C/c1ccc(OCC(N)=O)c(OC)c1. The van der Waals surface area contributed by atoms with Gasteiger partial charge in [-0.05, 0) is 36.8 Å². The lowest BCUT2D eigenvalue weighted by molar-refractivity contribution is -0.139. The van der Waals surface area contributed by atoms with Gasteiger partial charge in [-0.25, -0.2) is 9.59 Å². The van der Waals surface area contributed by atoms with Gasteiger partial charge in [0.15, 0.2) is 30.5 Å². The van der Waals surface area contributed by atoms with Gasteiger partial charge < -0.3 is 29.1 Å². The largest absolute Gasteiger partial charge is 0.493 e. The molecule has 1 aromatic heterocycles. The molecule has 0 atom stereocenters. The fourth-order valence-electron chi connectivity index (χ4n) is 2.25. The maximum Gasteiger partial charge on any atom is 0.341 e. The summed E-state index contributed by atoms with van der Waals surface area (Å²) in [6, 6.07) is 6.31. The molecule has 2 N–H and O–H groups in total. The van der Waals surface area contributed by atoms with Crippen LogP contribution >= 0.6 is 0 Å². The third-order valence-electron chi connectivity index (χ3n) is 3.56. The van der Waals surface area contributed by atoms with Crippen LogP contribution in [-0.4, -0.2) is 38.2 Å². The van der Waals surface area contributed by atoms with Gasteiger partial charge in [0.1, 0.15) is 5.56 Å². The number of esters is 2. The summed E-state index contributed by atoms with van der Waals surface area (Å²) in [7, 11) is 1.44. The summed E-state index contributed by atoms with van der Waals surface area (Å²) in [6.07, 6.45) is 4.04. The van der Waals surface area contributed by atoms with E-state index in [1.54, 1.807) is 25.1 Å². The number of primary amides is 1. The Balaban J connectivity index is 1.96. The van der Waals surface area contributed by atoms with Crippen LogP contribution in [0.4, 0.5) is 0 Å². The van der Waals surface area contributed by atoms with E-state index in [0.29, 0.717) is 17.1 Å². The quantitative estimate of drug-likeness (QED) is 0.472. The minimum atomic E-state index is -0.635. The van der Waals surface area contributed by atoms with Crippen molar-refractivity contribution < 1.29 is 37.7 Å². The van der Waals surface area contributed by atoms with Crippen LogP contribution in [0.2, 0.25) is 0 Å². The highest BCUT2D eigenvalue weighted by Gasteiger charge is 2.16. The van der Waals surface area contributed by atoms with Gasteiger partial charge in [-0.1, -0.05) is 6.07 Å². The first-order chi connectivity index (χ1) is 13.9. The maximum absolute atomic E-state index is 11.9. The van der Waals surface area contributed by atoms with Crippen molar-refractivity contribution >= 4 is 23.9 Å². The van der Waals surface area contributed by atoms with E-state index >= 15 is 0 Å². The average molecular weight is 403 g/mol. The van der Waals surface area contributed by atoms with E-state index in [1.807, 2.05) is 0 Å². The van der Waals surface area contributed by atoms with Gasteiger partial charge in [0.25, 0.3) is 5.91 Å². The molecule has 154 valence electrons. The predicted octanol–water partition coefficient (Wildman–Crippen LogP) is 2.09. The van der Waals surface area contributed by atoms with Crippen LogP contribution < -0.4 is 15.2 Å². The van der Waals surface area contributed by atoms with Crippen LogP contribution in [0.1, 0.15) is 28.6 Å². The van der Waals surface area contributed by atoms with Crippen molar-refractivity contribution in [2.45, 2.75) is 13.5 Å². The lowest BCUT2D eigenvalue weighted by Gasteiger charge is -2.09. The molecule has 0 aliphatic heterocycles. The zero-order chi connectivity index (χ0) is 21.2. The molecule has 0 unspecified atom stereocenters. The summed E-state index contributed by atoms with van der Waals surface area (Å²) in [4.78, 5) is 34.5. The maximum atomic E-state index is 11.9. The van der Waals surface area contributed by atoms with Crippen molar-refractivity contribution in [1.29, 1.82) is 0 Å². The van der Waals surface area contributed by atoms with Crippen LogP contribution in [-0.2, 0) is 25.7 Å². The van der Waals surface area contributed by atoms with E-state index in [9.17, 15) is 14.4 Å². The lowest BCUT2D eigenvalue weighted by atomic mass is 10.2. The van der Waals surface area contributed by atoms with Gasteiger partial charge in [0.05, 0.1) is 20.0 Å². The summed E-state index contributed by atoms with van der Waals surface area (Å²) in [6.45, 7) is 1.42. The van der Waals surface area contributed by atoms with Gasteiger partial charge in [0.2, 0.25) is 0 Å². The Bertz CT molecular complexity index is 900. The fourth-order valence-corrected chi connectivity index (χ4v) is 2.25. The molecular formula is C20H21NO8. The molecule has 0 saturated heterocycles. The van der Waals surface area contributed by atoms with E-state index < -0.39 is 17.8 Å². The Morgan fingerprint density at radius 2 is 1.93 bits per heavy atom. The fraction of sp³-hybridized carbons (Fsp3) is 0.250. The molecule has 1 amide bonds. The molecule has 1 heterocycles. The number of ether oxygens (including phenoxy) is 4. The minimum absolute atomic E-state index is 0.197. The standard InChI is InChI=1S/C20H21NO8/c1-3-26-20(24)14-8-9-27-17(14)11-29-19(23)7-5-13-4-6-15(16(10-13)25-2)28-12-18(21)22/h4-10H,3,11-12H2,1-2H3,(H2,21,22)/b7-5+. The topological polar surface area (TPSA) is 127 Å². The Morgan fingerprint density at radius 1 is 1.14 bits per heavy atom. The van der Waals surface area contributed by atoms with Crippen LogP contribution in [0.25, 0.3) is 6.08 Å². The van der Waals surface area contributed by atoms with Gasteiger partial charge in [-0.2, -0.15) is 0 Å². The van der Waals surface area contributed by atoms with Gasteiger partial charge >= 0.3 is 11.9 Å². The summed E-state index contributed by atoms with van der Waals surface area (Å²) >= 11 is 0. The molecule has 29 heavy (non-hydrogen) atoms. The first-order valence-corrected chi connectivity index (χ1v) is 8.62. The van der Waals surface area contributed by atoms with Crippen molar-refractivity contribution in [3.8, 4) is 11.5 Å². The van der Waals surface area contributed by atoms with Gasteiger partial charge in [-0.15, -0.1) is 0 Å². The lowest BCUT2D eigenvalue weighted by Crippen LogP contribution is -2.20. The molecule has 0 aliphatic rings. The van der Waals surface area contributed by atoms with Crippen molar-refractivity contribution in [2.24, 2.45) is 5.73 Å². The Morgan fingerprint density at radius 3 is 2.62 bits per heavy atom. The molecule has 0 fully saturated rings. The summed E-state index contributed by atoms with van der Waals surface area (Å²) in [5.74, 6) is -0.881. The Hall–Kier alpha value is -3.75. The number of carbonyl (C=O) groups excluding carboxylic acids is 3. The number of benzene rings is 1. The second kappa shape index (κ2) is 10.5. The van der Waals surface area contributed by atoms with Crippen LogP contribution in [0.5, 0.6) is 11.5 Å². The molecule has 0 bridgehead atoms. The van der Waals surface area contributed by atoms with Crippen LogP contribution in [0.3, 0.4) is 0 Å². The first-order valence-electron chi connectivity index (χ1n) is 8.62. The molecule has 0 radical (unpaired) electrons. The predicted molar refractivity (Wildman–Crippen MR) is 101 cm³/mol. The second-order valence-electron chi connectivity index (χ2n) is 5.58. The van der Waals surface area contributed by atoms with Crippen molar-refractivity contribution in [3.63, 3.8) is 0 Å².